The third-order valence-electron chi connectivity index (χ3n) is 4.23. The Morgan fingerprint density at radius 2 is 2.16 bits per heavy atom. The molecule has 0 aliphatic heterocycles. The van der Waals surface area contributed by atoms with Gasteiger partial charge >= 0.3 is 0 Å². The van der Waals surface area contributed by atoms with Crippen LogP contribution in [0.3, 0.4) is 0 Å². The van der Waals surface area contributed by atoms with E-state index < -0.39 is 0 Å². The third kappa shape index (κ3) is 3.57. The Bertz CT molecular complexity index is 411. The zero-order chi connectivity index (χ0) is 14.0. The van der Waals surface area contributed by atoms with Crippen molar-refractivity contribution in [1.29, 1.82) is 0 Å². The summed E-state index contributed by atoms with van der Waals surface area (Å²) in [6.07, 6.45) is 6.13. The van der Waals surface area contributed by atoms with E-state index in [1.54, 1.807) is 11.3 Å². The molecule has 1 aromatic heterocycles. The van der Waals surface area contributed by atoms with Crippen LogP contribution in [0.4, 0.5) is 0 Å². The largest absolute Gasteiger partial charge is 0.319 e. The fourth-order valence-electron chi connectivity index (χ4n) is 3.27. The van der Waals surface area contributed by atoms with Gasteiger partial charge in [0.25, 0.3) is 0 Å². The molecule has 2 unspecified atom stereocenters. The molecule has 1 aromatic rings. The van der Waals surface area contributed by atoms with Crippen LogP contribution in [0.15, 0.2) is 5.38 Å². The average molecular weight is 280 g/mol. The minimum atomic E-state index is -0.157. The first-order valence-corrected chi connectivity index (χ1v) is 8.53. The molecule has 19 heavy (non-hydrogen) atoms. The normalized spacial score (nSPS) is 28.3. The van der Waals surface area contributed by atoms with Crippen molar-refractivity contribution in [2.45, 2.75) is 71.3 Å². The Hall–Kier alpha value is -0.410. The highest BCUT2D eigenvalue weighted by molar-refractivity contribution is 7.09. The van der Waals surface area contributed by atoms with E-state index >= 15 is 0 Å². The van der Waals surface area contributed by atoms with Gasteiger partial charge < -0.3 is 5.73 Å². The molecular weight excluding hydrogens is 252 g/mol. The van der Waals surface area contributed by atoms with Crippen LogP contribution in [0.2, 0.25) is 0 Å². The molecule has 2 atom stereocenters. The lowest BCUT2D eigenvalue weighted by Gasteiger charge is -2.37. The van der Waals surface area contributed by atoms with Gasteiger partial charge in [-0.05, 0) is 37.0 Å². The lowest BCUT2D eigenvalue weighted by Crippen LogP contribution is -2.41. The Morgan fingerprint density at radius 3 is 2.74 bits per heavy atom. The minimum absolute atomic E-state index is 0.157. The molecule has 2 nitrogen and oxygen atoms in total. The lowest BCUT2D eigenvalue weighted by molar-refractivity contribution is 0.202. The summed E-state index contributed by atoms with van der Waals surface area (Å²) in [5, 5.41) is 3.37. The first kappa shape index (κ1) is 15.0. The van der Waals surface area contributed by atoms with E-state index in [0.29, 0.717) is 5.92 Å². The van der Waals surface area contributed by atoms with Gasteiger partial charge in [-0.15, -0.1) is 11.3 Å². The summed E-state index contributed by atoms with van der Waals surface area (Å²) in [4.78, 5) is 4.81. The zero-order valence-electron chi connectivity index (χ0n) is 12.8. The molecule has 0 saturated heterocycles. The first-order valence-electron chi connectivity index (χ1n) is 7.65. The number of thiazole rings is 1. The van der Waals surface area contributed by atoms with Crippen LogP contribution in [-0.4, -0.2) is 4.98 Å². The molecule has 108 valence electrons. The van der Waals surface area contributed by atoms with E-state index in [2.05, 4.69) is 33.1 Å². The molecular formula is C16H28N2S. The second-order valence-corrected chi connectivity index (χ2v) is 7.84. The van der Waals surface area contributed by atoms with Crippen molar-refractivity contribution in [3.63, 3.8) is 0 Å². The van der Waals surface area contributed by atoms with E-state index in [1.807, 2.05) is 0 Å². The summed E-state index contributed by atoms with van der Waals surface area (Å²) < 4.78 is 0. The first-order chi connectivity index (χ1) is 8.90. The summed E-state index contributed by atoms with van der Waals surface area (Å²) in [5.41, 5.74) is 7.76. The fourth-order valence-corrected chi connectivity index (χ4v) is 4.40. The highest BCUT2D eigenvalue weighted by atomic mass is 32.1. The van der Waals surface area contributed by atoms with Gasteiger partial charge in [0, 0.05) is 5.38 Å². The van der Waals surface area contributed by atoms with Crippen LogP contribution >= 0.6 is 11.3 Å². The smallest absolute Gasteiger partial charge is 0.113 e. The molecule has 2 rings (SSSR count). The highest BCUT2D eigenvalue weighted by Crippen LogP contribution is 2.41. The second-order valence-electron chi connectivity index (χ2n) is 6.98. The van der Waals surface area contributed by atoms with Crippen molar-refractivity contribution in [1.82, 2.24) is 4.98 Å². The molecule has 2 N–H and O–H groups in total. The molecule has 0 amide bonds. The van der Waals surface area contributed by atoms with Crippen molar-refractivity contribution in [2.24, 2.45) is 17.6 Å². The standard InChI is InChI=1S/C16H28N2S/c1-11(2)8-13-6-5-7-16(17,9-13)15-18-14(10-19-15)12(3)4/h10-13H,5-9,17H2,1-4H3. The van der Waals surface area contributed by atoms with Crippen LogP contribution in [0.1, 0.15) is 76.4 Å². The van der Waals surface area contributed by atoms with Crippen LogP contribution in [0.5, 0.6) is 0 Å². The van der Waals surface area contributed by atoms with Crippen molar-refractivity contribution in [3.8, 4) is 0 Å². The van der Waals surface area contributed by atoms with Gasteiger partial charge in [0.1, 0.15) is 5.01 Å². The summed E-state index contributed by atoms with van der Waals surface area (Å²) in [6, 6.07) is 0. The Kier molecular flexibility index (Phi) is 4.67. The van der Waals surface area contributed by atoms with Gasteiger partial charge in [0.2, 0.25) is 0 Å². The number of rotatable bonds is 4. The van der Waals surface area contributed by atoms with Gasteiger partial charge in [-0.1, -0.05) is 40.5 Å². The number of hydrogen-bond donors (Lipinski definition) is 1. The van der Waals surface area contributed by atoms with Crippen molar-refractivity contribution >= 4 is 11.3 Å². The number of aromatic nitrogens is 1. The van der Waals surface area contributed by atoms with E-state index in [0.717, 1.165) is 24.7 Å². The zero-order valence-corrected chi connectivity index (χ0v) is 13.6. The van der Waals surface area contributed by atoms with Crippen LogP contribution in [0, 0.1) is 11.8 Å². The Morgan fingerprint density at radius 1 is 1.42 bits per heavy atom. The van der Waals surface area contributed by atoms with E-state index in [9.17, 15) is 0 Å². The van der Waals surface area contributed by atoms with Crippen molar-refractivity contribution in [3.05, 3.63) is 16.1 Å². The molecule has 3 heteroatoms. The second kappa shape index (κ2) is 5.92. The van der Waals surface area contributed by atoms with Crippen LogP contribution < -0.4 is 5.73 Å². The number of nitrogens with two attached hydrogens (primary N) is 1. The molecule has 0 spiro atoms. The summed E-state index contributed by atoms with van der Waals surface area (Å²) >= 11 is 1.77. The maximum atomic E-state index is 6.71. The number of hydrogen-bond acceptors (Lipinski definition) is 3. The van der Waals surface area contributed by atoms with E-state index in [-0.39, 0.29) is 5.54 Å². The van der Waals surface area contributed by atoms with Crippen molar-refractivity contribution in [2.75, 3.05) is 0 Å². The molecule has 1 aliphatic rings. The van der Waals surface area contributed by atoms with Crippen molar-refractivity contribution < 1.29 is 0 Å². The third-order valence-corrected chi connectivity index (χ3v) is 5.31. The SMILES string of the molecule is CC(C)CC1CCCC(N)(c2nc(C(C)C)cs2)C1. The molecule has 0 aromatic carbocycles. The summed E-state index contributed by atoms with van der Waals surface area (Å²) in [6.45, 7) is 9.02. The quantitative estimate of drug-likeness (QED) is 0.871. The predicted molar refractivity (Wildman–Crippen MR) is 83.5 cm³/mol. The molecule has 0 radical (unpaired) electrons. The molecule has 1 fully saturated rings. The monoisotopic (exact) mass is 280 g/mol. The predicted octanol–water partition coefficient (Wildman–Crippen LogP) is 4.66. The topological polar surface area (TPSA) is 38.9 Å². The average Bonchev–Trinajstić information content (AvgIpc) is 2.77. The molecule has 1 saturated carbocycles. The van der Waals surface area contributed by atoms with E-state index in [4.69, 9.17) is 10.7 Å². The number of nitrogens with zero attached hydrogens (tertiary/aromatic N) is 1. The maximum absolute atomic E-state index is 6.71. The maximum Gasteiger partial charge on any atom is 0.113 e. The molecule has 0 bridgehead atoms. The van der Waals surface area contributed by atoms with Crippen LogP contribution in [0.25, 0.3) is 0 Å². The van der Waals surface area contributed by atoms with Gasteiger partial charge in [0.05, 0.1) is 11.2 Å². The van der Waals surface area contributed by atoms with Gasteiger partial charge in [-0.3, -0.25) is 0 Å². The van der Waals surface area contributed by atoms with Crippen LogP contribution in [-0.2, 0) is 5.54 Å². The Labute approximate surface area is 121 Å². The summed E-state index contributed by atoms with van der Waals surface area (Å²) in [7, 11) is 0. The lowest BCUT2D eigenvalue weighted by atomic mass is 9.74. The van der Waals surface area contributed by atoms with Gasteiger partial charge in [-0.2, -0.15) is 0 Å². The summed E-state index contributed by atoms with van der Waals surface area (Å²) in [5.74, 6) is 2.06. The van der Waals surface area contributed by atoms with E-state index in [1.165, 1.54) is 30.0 Å². The molecule has 1 aliphatic carbocycles. The highest BCUT2D eigenvalue weighted by Gasteiger charge is 2.36. The fraction of sp³-hybridized carbons (Fsp3) is 0.812. The van der Waals surface area contributed by atoms with Gasteiger partial charge in [-0.25, -0.2) is 4.98 Å². The molecule has 1 heterocycles. The van der Waals surface area contributed by atoms with Gasteiger partial charge in [0.15, 0.2) is 0 Å². The minimum Gasteiger partial charge on any atom is -0.319 e. The Balaban J connectivity index is 2.11.